The molecule has 0 saturated carbocycles. The molecule has 68 heavy (non-hydrogen) atoms. The summed E-state index contributed by atoms with van der Waals surface area (Å²) in [5.41, 5.74) is 12.1. The largest absolute Gasteiger partial charge is 0.456 e. The Bertz CT molecular complexity index is 4570. The Hall–Kier alpha value is -9.33. The molecule has 0 aliphatic carbocycles. The first kappa shape index (κ1) is 36.9. The van der Waals surface area contributed by atoms with E-state index in [1.165, 1.54) is 10.8 Å². The molecule has 15 rings (SSSR count). The fraction of sp³-hybridized carbons (Fsp3) is 0. The van der Waals surface area contributed by atoms with Gasteiger partial charge in [0.05, 0.1) is 27.8 Å². The summed E-state index contributed by atoms with van der Waals surface area (Å²) in [6.45, 7) is 0. The monoisotopic (exact) mass is 869 g/mol. The van der Waals surface area contributed by atoms with Crippen LogP contribution in [0.2, 0.25) is 0 Å². The van der Waals surface area contributed by atoms with Gasteiger partial charge in [-0.15, -0.1) is 0 Å². The van der Waals surface area contributed by atoms with Crippen LogP contribution in [-0.4, -0.2) is 24.1 Å². The first-order valence-electron chi connectivity index (χ1n) is 22.8. The van der Waals surface area contributed by atoms with Gasteiger partial charge in [0.15, 0.2) is 17.5 Å². The number of hydrogen-bond acceptors (Lipinski definition) is 5. The fourth-order valence-corrected chi connectivity index (χ4v) is 10.6. The van der Waals surface area contributed by atoms with E-state index in [0.29, 0.717) is 17.5 Å². The van der Waals surface area contributed by atoms with Crippen LogP contribution >= 0.6 is 0 Å². The van der Waals surface area contributed by atoms with E-state index in [2.05, 4.69) is 191 Å². The van der Waals surface area contributed by atoms with Crippen molar-refractivity contribution in [2.45, 2.75) is 0 Å². The summed E-state index contributed by atoms with van der Waals surface area (Å²) in [5, 5.41) is 11.1. The van der Waals surface area contributed by atoms with E-state index < -0.39 is 0 Å². The minimum atomic E-state index is 0.519. The van der Waals surface area contributed by atoms with Gasteiger partial charge < -0.3 is 18.0 Å². The first-order valence-corrected chi connectivity index (χ1v) is 22.8. The minimum Gasteiger partial charge on any atom is -0.456 e. The molecule has 0 amide bonds. The lowest BCUT2D eigenvalue weighted by Crippen LogP contribution is -2.04. The number of nitrogens with zero attached hydrogens (tertiary/aromatic N) is 5. The van der Waals surface area contributed by atoms with Gasteiger partial charge in [-0.1, -0.05) is 121 Å². The molecule has 10 aromatic carbocycles. The Morgan fingerprint density at radius 2 is 0.809 bits per heavy atom. The second kappa shape index (κ2) is 14.1. The Kier molecular flexibility index (Phi) is 7.65. The van der Waals surface area contributed by atoms with Crippen LogP contribution in [0.15, 0.2) is 221 Å². The number of rotatable bonds is 5. The van der Waals surface area contributed by atoms with Crippen LogP contribution in [0, 0.1) is 0 Å². The summed E-state index contributed by atoms with van der Waals surface area (Å²) in [6.07, 6.45) is 0. The highest BCUT2D eigenvalue weighted by atomic mass is 16.3. The van der Waals surface area contributed by atoms with Crippen molar-refractivity contribution in [2.24, 2.45) is 0 Å². The topological polar surface area (TPSA) is 74.8 Å². The van der Waals surface area contributed by atoms with Crippen molar-refractivity contribution in [3.63, 3.8) is 0 Å². The van der Waals surface area contributed by atoms with Crippen molar-refractivity contribution >= 4 is 98.3 Å². The molecule has 5 aromatic heterocycles. The van der Waals surface area contributed by atoms with Gasteiger partial charge in [-0.25, -0.2) is 15.0 Å². The maximum atomic E-state index is 6.66. The molecular weight excluding hydrogens is 835 g/mol. The zero-order valence-corrected chi connectivity index (χ0v) is 36.3. The molecule has 0 atom stereocenters. The summed E-state index contributed by atoms with van der Waals surface area (Å²) in [6, 6.07) is 74.5. The number of fused-ring (bicyclic) bond motifs is 13. The second-order valence-corrected chi connectivity index (χ2v) is 17.6. The van der Waals surface area contributed by atoms with E-state index in [9.17, 15) is 0 Å². The molecule has 0 aliphatic heterocycles. The van der Waals surface area contributed by atoms with Crippen LogP contribution in [0.3, 0.4) is 0 Å². The molecule has 0 N–H and O–H groups in total. The lowest BCUT2D eigenvalue weighted by atomic mass is 10.0. The molecule has 0 fully saturated rings. The number of hydrogen-bond donors (Lipinski definition) is 0. The van der Waals surface area contributed by atoms with Crippen LogP contribution in [0.4, 0.5) is 0 Å². The van der Waals surface area contributed by atoms with Crippen molar-refractivity contribution in [3.8, 4) is 45.5 Å². The molecule has 316 valence electrons. The molecule has 0 bridgehead atoms. The van der Waals surface area contributed by atoms with E-state index in [1.807, 2.05) is 30.3 Å². The van der Waals surface area contributed by atoms with Crippen LogP contribution in [0.5, 0.6) is 0 Å². The third kappa shape index (κ3) is 5.44. The summed E-state index contributed by atoms with van der Waals surface area (Å²) in [7, 11) is 0. The fourth-order valence-electron chi connectivity index (χ4n) is 10.6. The normalized spacial score (nSPS) is 12.1. The SMILES string of the molecule is c1ccc(-n2c3ccccc3c3cc(-c4nc(-c5ccc6c(c5)oc5ccccc56)nc(-c5cc6oc7ccccc7c6cc5-n5c6ccccc6c6cc7ccccc7cc65)n4)ccc32)cc1. The predicted octanol–water partition coefficient (Wildman–Crippen LogP) is 16.0. The van der Waals surface area contributed by atoms with E-state index in [1.54, 1.807) is 0 Å². The number of aromatic nitrogens is 5. The number of furan rings is 2. The lowest BCUT2D eigenvalue weighted by Gasteiger charge is -2.15. The van der Waals surface area contributed by atoms with E-state index in [-0.39, 0.29) is 0 Å². The smallest absolute Gasteiger partial charge is 0.166 e. The van der Waals surface area contributed by atoms with Crippen LogP contribution < -0.4 is 0 Å². The highest BCUT2D eigenvalue weighted by molar-refractivity contribution is 6.15. The highest BCUT2D eigenvalue weighted by Crippen LogP contribution is 2.43. The maximum Gasteiger partial charge on any atom is 0.166 e. The van der Waals surface area contributed by atoms with E-state index >= 15 is 0 Å². The third-order valence-corrected chi connectivity index (χ3v) is 13.7. The Morgan fingerprint density at radius 3 is 1.54 bits per heavy atom. The average Bonchev–Trinajstić information content (AvgIpc) is 4.14. The summed E-state index contributed by atoms with van der Waals surface area (Å²) >= 11 is 0. The number of benzene rings is 10. The third-order valence-electron chi connectivity index (χ3n) is 13.7. The van der Waals surface area contributed by atoms with Gasteiger partial charge >= 0.3 is 0 Å². The number of para-hydroxylation sites is 5. The molecule has 0 unspecified atom stereocenters. The summed E-state index contributed by atoms with van der Waals surface area (Å²) < 4.78 is 17.8. The Morgan fingerprint density at radius 1 is 0.294 bits per heavy atom. The van der Waals surface area contributed by atoms with E-state index in [4.69, 9.17) is 23.8 Å². The molecule has 5 heterocycles. The predicted molar refractivity (Wildman–Crippen MR) is 277 cm³/mol. The van der Waals surface area contributed by atoms with Crippen molar-refractivity contribution in [1.82, 2.24) is 24.1 Å². The van der Waals surface area contributed by atoms with Gasteiger partial charge in [-0.3, -0.25) is 0 Å². The van der Waals surface area contributed by atoms with Crippen molar-refractivity contribution in [3.05, 3.63) is 212 Å². The Labute approximate surface area is 387 Å². The minimum absolute atomic E-state index is 0.519. The van der Waals surface area contributed by atoms with Gasteiger partial charge in [0.2, 0.25) is 0 Å². The Balaban J connectivity index is 1.03. The van der Waals surface area contributed by atoms with Gasteiger partial charge in [0.1, 0.15) is 22.3 Å². The first-order chi connectivity index (χ1) is 33.7. The van der Waals surface area contributed by atoms with Crippen LogP contribution in [0.25, 0.3) is 144 Å². The average molecular weight is 870 g/mol. The summed E-state index contributed by atoms with van der Waals surface area (Å²) in [5.74, 6) is 1.60. The second-order valence-electron chi connectivity index (χ2n) is 17.6. The van der Waals surface area contributed by atoms with Crippen LogP contribution in [-0.2, 0) is 0 Å². The molecule has 7 nitrogen and oxygen atoms in total. The van der Waals surface area contributed by atoms with Crippen molar-refractivity contribution < 1.29 is 8.83 Å². The van der Waals surface area contributed by atoms with Crippen molar-refractivity contribution in [1.29, 1.82) is 0 Å². The molecule has 0 radical (unpaired) electrons. The molecule has 7 heteroatoms. The zero-order chi connectivity index (χ0) is 44.5. The maximum absolute atomic E-state index is 6.66. The van der Waals surface area contributed by atoms with Gasteiger partial charge in [0.25, 0.3) is 0 Å². The van der Waals surface area contributed by atoms with Crippen molar-refractivity contribution in [2.75, 3.05) is 0 Å². The summed E-state index contributed by atoms with van der Waals surface area (Å²) in [4.78, 5) is 16.3. The van der Waals surface area contributed by atoms with Gasteiger partial charge in [0, 0.05) is 65.5 Å². The van der Waals surface area contributed by atoms with Crippen LogP contribution in [0.1, 0.15) is 0 Å². The standard InChI is InChI=1S/C61H35N5O2/c1-2-16-40(17-3-1)65-50-22-10-6-18-41(50)46-31-38(27-29-52(46)65)59-62-60(39-26-28-45-43-20-8-12-24-55(43)67-57(45)33-39)64-61(63-59)49-35-58-48(44-21-9-13-25-56(44)68-58)34-54(49)66-51-23-11-7-19-42(51)47-30-36-14-4-5-15-37(36)32-53(47)66/h1-35H. The quantitative estimate of drug-likeness (QED) is 0.172. The molecule has 0 spiro atoms. The van der Waals surface area contributed by atoms with E-state index in [0.717, 1.165) is 116 Å². The molecule has 15 aromatic rings. The molecule has 0 saturated heterocycles. The van der Waals surface area contributed by atoms with Gasteiger partial charge in [-0.05, 0) is 102 Å². The molecular formula is C61H35N5O2. The highest BCUT2D eigenvalue weighted by Gasteiger charge is 2.24. The lowest BCUT2D eigenvalue weighted by molar-refractivity contribution is 0.668. The molecule has 0 aliphatic rings. The van der Waals surface area contributed by atoms with Gasteiger partial charge in [-0.2, -0.15) is 0 Å². The zero-order valence-electron chi connectivity index (χ0n) is 36.3.